The molecule has 1 aromatic carbocycles. The van der Waals surface area contributed by atoms with Gasteiger partial charge in [-0.25, -0.2) is 4.98 Å². The van der Waals surface area contributed by atoms with Crippen LogP contribution in [0.3, 0.4) is 0 Å². The number of H-pyrrole nitrogens is 1. The number of aromatic amines is 1. The minimum Gasteiger partial charge on any atom is -0.354 e. The van der Waals surface area contributed by atoms with Crippen LogP contribution in [-0.4, -0.2) is 84.5 Å². The van der Waals surface area contributed by atoms with E-state index in [2.05, 4.69) is 70.3 Å². The summed E-state index contributed by atoms with van der Waals surface area (Å²) in [5, 5.41) is 12.3. The van der Waals surface area contributed by atoms with Crippen molar-refractivity contribution in [1.29, 1.82) is 0 Å². The van der Waals surface area contributed by atoms with Gasteiger partial charge in [0.2, 0.25) is 5.95 Å². The van der Waals surface area contributed by atoms with Gasteiger partial charge in [-0.2, -0.15) is 10.1 Å². The van der Waals surface area contributed by atoms with E-state index in [-0.39, 0.29) is 0 Å². The second kappa shape index (κ2) is 8.50. The van der Waals surface area contributed by atoms with E-state index >= 15 is 0 Å². The predicted octanol–water partition coefficient (Wildman–Crippen LogP) is 2.34. The molecule has 2 saturated heterocycles. The summed E-state index contributed by atoms with van der Waals surface area (Å²) >= 11 is 0. The number of nitrogens with zero attached hydrogens (tertiary/aromatic N) is 6. The van der Waals surface area contributed by atoms with Crippen molar-refractivity contribution >= 4 is 22.7 Å². The van der Waals surface area contributed by atoms with Crippen molar-refractivity contribution < 1.29 is 0 Å². The molecule has 0 bridgehead atoms. The van der Waals surface area contributed by atoms with Gasteiger partial charge in [0.15, 0.2) is 0 Å². The highest BCUT2D eigenvalue weighted by molar-refractivity contribution is 5.83. The number of aromatic nitrogens is 4. The third kappa shape index (κ3) is 3.64. The fourth-order valence-electron chi connectivity index (χ4n) is 6.01. The molecule has 2 aliphatic heterocycles. The van der Waals surface area contributed by atoms with Crippen LogP contribution in [0.2, 0.25) is 0 Å². The smallest absolute Gasteiger partial charge is 0.227 e. The van der Waals surface area contributed by atoms with Gasteiger partial charge in [-0.15, -0.1) is 0 Å². The first-order chi connectivity index (χ1) is 16.5. The predicted molar refractivity (Wildman–Crippen MR) is 137 cm³/mol. The van der Waals surface area contributed by atoms with Crippen LogP contribution < -0.4 is 15.1 Å². The lowest BCUT2D eigenvalue weighted by Crippen LogP contribution is -2.58. The minimum absolute atomic E-state index is 0.429. The summed E-state index contributed by atoms with van der Waals surface area (Å²) in [6.45, 7) is 10.7. The Bertz CT molecular complexity index is 1190. The molecule has 0 spiro atoms. The summed E-state index contributed by atoms with van der Waals surface area (Å²) in [5.74, 6) is 3.04. The highest BCUT2D eigenvalue weighted by Gasteiger charge is 2.36. The van der Waals surface area contributed by atoms with E-state index < -0.39 is 0 Å². The monoisotopic (exact) mass is 460 g/mol. The van der Waals surface area contributed by atoms with Crippen molar-refractivity contribution in [3.05, 3.63) is 40.7 Å². The molecule has 2 aromatic heterocycles. The summed E-state index contributed by atoms with van der Waals surface area (Å²) in [5.41, 5.74) is 6.53. The number of aryl methyl sites for hydroxylation is 1. The van der Waals surface area contributed by atoms with Crippen LogP contribution in [0.1, 0.15) is 35.2 Å². The van der Waals surface area contributed by atoms with Gasteiger partial charge in [0.1, 0.15) is 5.82 Å². The SMILES string of the molecule is Cc1ccc2[nH]ncc2c1[C@@H]1Cc2nc(N3CC(N(C)C)C3)nc(N3CCNCC3)c2C[C@H]1C. The molecule has 180 valence electrons. The highest BCUT2D eigenvalue weighted by Crippen LogP contribution is 2.43. The van der Waals surface area contributed by atoms with Crippen LogP contribution in [0.15, 0.2) is 18.3 Å². The van der Waals surface area contributed by atoms with Gasteiger partial charge in [0.25, 0.3) is 0 Å². The molecule has 8 heteroatoms. The van der Waals surface area contributed by atoms with Crippen LogP contribution in [0.25, 0.3) is 10.9 Å². The molecular formula is C26H36N8. The number of likely N-dealkylation sites (N-methyl/N-ethyl adjacent to an activating group) is 1. The molecule has 0 amide bonds. The maximum Gasteiger partial charge on any atom is 0.227 e. The number of piperazine rings is 1. The molecular weight excluding hydrogens is 424 g/mol. The molecule has 34 heavy (non-hydrogen) atoms. The molecule has 0 radical (unpaired) electrons. The molecule has 3 aromatic rings. The van der Waals surface area contributed by atoms with E-state index in [1.54, 1.807) is 0 Å². The van der Waals surface area contributed by atoms with Gasteiger partial charge in [-0.1, -0.05) is 13.0 Å². The number of benzene rings is 1. The van der Waals surface area contributed by atoms with Crippen LogP contribution >= 0.6 is 0 Å². The van der Waals surface area contributed by atoms with E-state index in [0.717, 1.165) is 63.6 Å². The third-order valence-corrected chi connectivity index (χ3v) is 8.23. The number of hydrogen-bond acceptors (Lipinski definition) is 7. The molecule has 4 heterocycles. The summed E-state index contributed by atoms with van der Waals surface area (Å²) in [4.78, 5) is 17.6. The molecule has 8 nitrogen and oxygen atoms in total. The third-order valence-electron chi connectivity index (χ3n) is 8.23. The van der Waals surface area contributed by atoms with Gasteiger partial charge >= 0.3 is 0 Å². The number of rotatable bonds is 4. The van der Waals surface area contributed by atoms with E-state index in [9.17, 15) is 0 Å². The zero-order chi connectivity index (χ0) is 23.4. The molecule has 2 fully saturated rings. The Morgan fingerprint density at radius 2 is 1.82 bits per heavy atom. The van der Waals surface area contributed by atoms with Gasteiger partial charge in [-0.3, -0.25) is 5.10 Å². The lowest BCUT2D eigenvalue weighted by Gasteiger charge is -2.44. The Morgan fingerprint density at radius 1 is 1.03 bits per heavy atom. The van der Waals surface area contributed by atoms with E-state index in [1.165, 1.54) is 33.6 Å². The largest absolute Gasteiger partial charge is 0.354 e. The van der Waals surface area contributed by atoms with E-state index in [4.69, 9.17) is 9.97 Å². The molecule has 3 aliphatic rings. The van der Waals surface area contributed by atoms with Crippen LogP contribution in [0, 0.1) is 12.8 Å². The normalized spacial score (nSPS) is 23.4. The summed E-state index contributed by atoms with van der Waals surface area (Å²) < 4.78 is 0. The summed E-state index contributed by atoms with van der Waals surface area (Å²) in [7, 11) is 4.32. The van der Waals surface area contributed by atoms with Crippen molar-refractivity contribution in [2.75, 3.05) is 63.2 Å². The quantitative estimate of drug-likeness (QED) is 0.619. The van der Waals surface area contributed by atoms with Crippen molar-refractivity contribution in [1.82, 2.24) is 30.4 Å². The maximum absolute atomic E-state index is 5.22. The second-order valence-corrected chi connectivity index (χ2v) is 10.7. The fraction of sp³-hybridized carbons (Fsp3) is 0.577. The number of nitrogens with one attached hydrogen (secondary N) is 2. The van der Waals surface area contributed by atoms with Crippen molar-refractivity contribution in [2.45, 2.75) is 38.6 Å². The van der Waals surface area contributed by atoms with Gasteiger partial charge < -0.3 is 20.0 Å². The summed E-state index contributed by atoms with van der Waals surface area (Å²) in [6, 6.07) is 4.96. The van der Waals surface area contributed by atoms with Gasteiger partial charge in [0.05, 0.1) is 17.4 Å². The lowest BCUT2D eigenvalue weighted by atomic mass is 9.73. The standard InChI is InChI=1S/C26H36N8/c1-16-5-6-22-21(13-28-31-22)24(16)19-12-23-20(11-17(19)2)25(33-9-7-27-8-10-33)30-26(29-23)34-14-18(15-34)32(3)4/h5-6,13,17-19,27H,7-12,14-15H2,1-4H3,(H,28,31)/t17-,19-/m1/s1. The summed E-state index contributed by atoms with van der Waals surface area (Å²) in [6.07, 6.45) is 3.98. The molecule has 2 N–H and O–H groups in total. The Kier molecular flexibility index (Phi) is 5.45. The molecule has 0 unspecified atom stereocenters. The second-order valence-electron chi connectivity index (χ2n) is 10.7. The molecule has 0 saturated carbocycles. The zero-order valence-corrected chi connectivity index (χ0v) is 20.8. The average molecular weight is 461 g/mol. The number of anilines is 2. The lowest BCUT2D eigenvalue weighted by molar-refractivity contribution is 0.244. The Balaban J connectivity index is 1.40. The molecule has 6 rings (SSSR count). The van der Waals surface area contributed by atoms with Crippen LogP contribution in [0.4, 0.5) is 11.8 Å². The highest BCUT2D eigenvalue weighted by atomic mass is 15.4. The van der Waals surface area contributed by atoms with Crippen molar-refractivity contribution in [3.63, 3.8) is 0 Å². The Labute approximate surface area is 201 Å². The van der Waals surface area contributed by atoms with Crippen molar-refractivity contribution in [2.24, 2.45) is 5.92 Å². The van der Waals surface area contributed by atoms with E-state index in [1.807, 2.05) is 6.20 Å². The Hall–Kier alpha value is -2.71. The topological polar surface area (TPSA) is 76.2 Å². The number of hydrogen-bond donors (Lipinski definition) is 2. The molecule has 1 aliphatic carbocycles. The number of fused-ring (bicyclic) bond motifs is 2. The van der Waals surface area contributed by atoms with Crippen molar-refractivity contribution in [3.8, 4) is 0 Å². The van der Waals surface area contributed by atoms with Crippen LogP contribution in [-0.2, 0) is 12.8 Å². The first kappa shape index (κ1) is 21.8. The van der Waals surface area contributed by atoms with Crippen LogP contribution in [0.5, 0.6) is 0 Å². The maximum atomic E-state index is 5.22. The van der Waals surface area contributed by atoms with Gasteiger partial charge in [0, 0.05) is 56.3 Å². The first-order valence-electron chi connectivity index (χ1n) is 12.7. The Morgan fingerprint density at radius 3 is 2.59 bits per heavy atom. The fourth-order valence-corrected chi connectivity index (χ4v) is 6.01. The zero-order valence-electron chi connectivity index (χ0n) is 20.8. The first-order valence-corrected chi connectivity index (χ1v) is 12.7. The van der Waals surface area contributed by atoms with Gasteiger partial charge in [-0.05, 0) is 62.9 Å². The average Bonchev–Trinajstić information content (AvgIpc) is 3.27. The van der Waals surface area contributed by atoms with E-state index in [0.29, 0.717) is 17.9 Å². The minimum atomic E-state index is 0.429. The molecule has 2 atom stereocenters.